The predicted molar refractivity (Wildman–Crippen MR) is 123 cm³/mol. The summed E-state index contributed by atoms with van der Waals surface area (Å²) in [4.78, 5) is 39.0. The molecule has 0 spiro atoms. The highest BCUT2D eigenvalue weighted by atomic mass is 35.5. The molecule has 0 atom stereocenters. The lowest BCUT2D eigenvalue weighted by Crippen LogP contribution is -2.18. The number of amides is 2. The summed E-state index contributed by atoms with van der Waals surface area (Å²) in [5.74, 6) is -0.481. The van der Waals surface area contributed by atoms with Crippen LogP contribution in [0.25, 0.3) is 11.3 Å². The Bertz CT molecular complexity index is 1190. The van der Waals surface area contributed by atoms with Crippen molar-refractivity contribution < 1.29 is 9.59 Å². The van der Waals surface area contributed by atoms with Crippen LogP contribution in [0.15, 0.2) is 46.3 Å². The monoisotopic (exact) mass is 457 g/mol. The zero-order valence-electron chi connectivity index (χ0n) is 17.1. The number of aromatic amines is 1. The average molecular weight is 458 g/mol. The van der Waals surface area contributed by atoms with E-state index in [1.165, 1.54) is 6.92 Å². The first-order chi connectivity index (χ1) is 14.7. The lowest BCUT2D eigenvalue weighted by molar-refractivity contribution is -0.114. The lowest BCUT2D eigenvalue weighted by atomic mass is 10.0. The first-order valence-electron chi connectivity index (χ1n) is 9.27. The Labute approximate surface area is 187 Å². The summed E-state index contributed by atoms with van der Waals surface area (Å²) in [7, 11) is 0. The van der Waals surface area contributed by atoms with E-state index in [0.717, 1.165) is 22.9 Å². The zero-order valence-corrected chi connectivity index (χ0v) is 18.6. The Kier molecular flexibility index (Phi) is 7.09. The fourth-order valence-electron chi connectivity index (χ4n) is 2.92. The Morgan fingerprint density at radius 1 is 1.10 bits per heavy atom. The quantitative estimate of drug-likeness (QED) is 0.485. The molecule has 0 aliphatic rings. The molecular formula is C21H20ClN5O3S. The molecule has 1 heterocycles. The predicted octanol–water partition coefficient (Wildman–Crippen LogP) is 3.79. The van der Waals surface area contributed by atoms with Gasteiger partial charge < -0.3 is 10.6 Å². The van der Waals surface area contributed by atoms with Crippen molar-refractivity contribution in [3.63, 3.8) is 0 Å². The fourth-order valence-corrected chi connectivity index (χ4v) is 3.65. The largest absolute Gasteiger partial charge is 0.325 e. The number of nitrogens with one attached hydrogen (secondary N) is 3. The van der Waals surface area contributed by atoms with Gasteiger partial charge in [-0.05, 0) is 49.7 Å². The van der Waals surface area contributed by atoms with Crippen LogP contribution in [0.2, 0.25) is 5.02 Å². The molecule has 8 nitrogen and oxygen atoms in total. The fraction of sp³-hybridized carbons (Fsp3) is 0.190. The maximum atomic E-state index is 12.7. The van der Waals surface area contributed by atoms with Crippen molar-refractivity contribution in [3.8, 4) is 11.3 Å². The van der Waals surface area contributed by atoms with Gasteiger partial charge in [-0.1, -0.05) is 35.0 Å². The summed E-state index contributed by atoms with van der Waals surface area (Å²) in [6.07, 6.45) is 0. The number of thioether (sulfide) groups is 1. The Balaban J connectivity index is 1.76. The Hall–Kier alpha value is -3.17. The van der Waals surface area contributed by atoms with Crippen molar-refractivity contribution in [2.24, 2.45) is 0 Å². The van der Waals surface area contributed by atoms with Crippen LogP contribution in [0, 0.1) is 13.8 Å². The van der Waals surface area contributed by atoms with Gasteiger partial charge in [0.25, 0.3) is 5.56 Å². The van der Waals surface area contributed by atoms with Crippen molar-refractivity contribution in [1.29, 1.82) is 0 Å². The molecule has 0 bridgehead atoms. The summed E-state index contributed by atoms with van der Waals surface area (Å²) >= 11 is 6.88. The van der Waals surface area contributed by atoms with Crippen LogP contribution in [-0.4, -0.2) is 32.7 Å². The number of hydrogen-bond acceptors (Lipinski definition) is 6. The molecule has 2 aromatic carbocycles. The Morgan fingerprint density at radius 3 is 2.45 bits per heavy atom. The topological polar surface area (TPSA) is 117 Å². The maximum absolute atomic E-state index is 12.7. The highest BCUT2D eigenvalue weighted by molar-refractivity contribution is 7.99. The van der Waals surface area contributed by atoms with Crippen molar-refractivity contribution >= 4 is 46.6 Å². The van der Waals surface area contributed by atoms with Gasteiger partial charge in [0.1, 0.15) is 0 Å². The third kappa shape index (κ3) is 5.93. The number of anilines is 2. The average Bonchev–Trinajstić information content (AvgIpc) is 2.70. The van der Waals surface area contributed by atoms with Crippen LogP contribution < -0.4 is 16.2 Å². The number of carbonyl (C=O) groups excluding carboxylic acids is 2. The van der Waals surface area contributed by atoms with Gasteiger partial charge in [0.2, 0.25) is 11.8 Å². The lowest BCUT2D eigenvalue weighted by Gasteiger charge is -2.13. The van der Waals surface area contributed by atoms with Crippen LogP contribution in [0.3, 0.4) is 0 Å². The minimum atomic E-state index is -0.466. The van der Waals surface area contributed by atoms with Gasteiger partial charge in [0.05, 0.1) is 11.4 Å². The highest BCUT2D eigenvalue weighted by Gasteiger charge is 2.16. The molecule has 0 fully saturated rings. The molecule has 0 saturated heterocycles. The Morgan fingerprint density at radius 2 is 1.81 bits per heavy atom. The molecule has 0 unspecified atom stereocenters. The summed E-state index contributed by atoms with van der Waals surface area (Å²) in [5.41, 5.74) is 2.96. The van der Waals surface area contributed by atoms with Gasteiger partial charge >= 0.3 is 0 Å². The van der Waals surface area contributed by atoms with Gasteiger partial charge in [-0.25, -0.2) is 0 Å². The second-order valence-corrected chi connectivity index (χ2v) is 8.24. The molecule has 0 aliphatic carbocycles. The van der Waals surface area contributed by atoms with Crippen LogP contribution in [0.4, 0.5) is 11.4 Å². The van der Waals surface area contributed by atoms with Crippen LogP contribution >= 0.6 is 23.4 Å². The molecule has 2 amide bonds. The molecule has 3 rings (SSSR count). The van der Waals surface area contributed by atoms with Gasteiger partial charge in [0.15, 0.2) is 10.9 Å². The summed E-state index contributed by atoms with van der Waals surface area (Å²) in [6.45, 7) is 5.12. The number of carbonyl (C=O) groups is 2. The number of halogens is 1. The number of rotatable bonds is 6. The van der Waals surface area contributed by atoms with Gasteiger partial charge in [-0.3, -0.25) is 19.4 Å². The number of aromatic nitrogens is 3. The third-order valence-corrected chi connectivity index (χ3v) is 5.30. The molecule has 160 valence electrons. The van der Waals surface area contributed by atoms with E-state index >= 15 is 0 Å². The first kappa shape index (κ1) is 22.5. The molecule has 3 aromatic rings. The van der Waals surface area contributed by atoms with Crippen molar-refractivity contribution in [1.82, 2.24) is 15.2 Å². The number of benzene rings is 2. The zero-order chi connectivity index (χ0) is 22.5. The molecule has 10 heteroatoms. The normalized spacial score (nSPS) is 10.6. The first-order valence-corrected chi connectivity index (χ1v) is 10.6. The van der Waals surface area contributed by atoms with Crippen LogP contribution in [0.1, 0.15) is 18.1 Å². The molecule has 0 aliphatic heterocycles. The number of H-pyrrole nitrogens is 1. The van der Waals surface area contributed by atoms with E-state index in [-0.39, 0.29) is 28.4 Å². The van der Waals surface area contributed by atoms with Gasteiger partial charge in [-0.15, -0.1) is 10.2 Å². The van der Waals surface area contributed by atoms with Crippen LogP contribution in [-0.2, 0) is 9.59 Å². The smallest absolute Gasteiger partial charge is 0.278 e. The molecule has 1 aromatic heterocycles. The summed E-state index contributed by atoms with van der Waals surface area (Å²) in [6, 6.07) is 10.4. The molecule has 3 N–H and O–H groups in total. The van der Waals surface area contributed by atoms with Crippen molar-refractivity contribution in [2.45, 2.75) is 25.9 Å². The van der Waals surface area contributed by atoms with E-state index in [1.807, 2.05) is 19.9 Å². The van der Waals surface area contributed by atoms with Gasteiger partial charge in [0, 0.05) is 23.2 Å². The summed E-state index contributed by atoms with van der Waals surface area (Å²) < 4.78 is 0. The highest BCUT2D eigenvalue weighted by Crippen LogP contribution is 2.29. The van der Waals surface area contributed by atoms with E-state index in [1.54, 1.807) is 30.3 Å². The van der Waals surface area contributed by atoms with E-state index < -0.39 is 5.56 Å². The molecular weight excluding hydrogens is 438 g/mol. The van der Waals surface area contributed by atoms with E-state index in [2.05, 4.69) is 25.8 Å². The van der Waals surface area contributed by atoms with E-state index in [0.29, 0.717) is 22.0 Å². The third-order valence-electron chi connectivity index (χ3n) is 4.18. The summed E-state index contributed by atoms with van der Waals surface area (Å²) in [5, 5.41) is 14.4. The SMILES string of the molecule is CC(=O)Nc1c(C)cc(C)cc1-c1nnc(SCC(=O)Nc2ccc(Cl)cc2)[nH]c1=O. The number of hydrogen-bond donors (Lipinski definition) is 3. The second-order valence-electron chi connectivity index (χ2n) is 6.84. The standard InChI is InChI=1S/C21H20ClN5O3S/c1-11-8-12(2)18(23-13(3)28)16(9-11)19-20(30)25-21(27-26-19)31-10-17(29)24-15-6-4-14(22)5-7-15/h4-9H,10H2,1-3H3,(H,23,28)(H,24,29)(H,25,27,30). The minimum absolute atomic E-state index is 0.0350. The van der Waals surface area contributed by atoms with Crippen LogP contribution in [0.5, 0.6) is 0 Å². The molecule has 0 radical (unpaired) electrons. The minimum Gasteiger partial charge on any atom is -0.325 e. The van der Waals surface area contributed by atoms with E-state index in [9.17, 15) is 14.4 Å². The molecule has 31 heavy (non-hydrogen) atoms. The second kappa shape index (κ2) is 9.76. The van der Waals surface area contributed by atoms with Crippen molar-refractivity contribution in [3.05, 3.63) is 62.9 Å². The maximum Gasteiger partial charge on any atom is 0.278 e. The number of nitrogens with zero attached hydrogens (tertiary/aromatic N) is 2. The molecule has 0 saturated carbocycles. The van der Waals surface area contributed by atoms with E-state index in [4.69, 9.17) is 11.6 Å². The van der Waals surface area contributed by atoms with Crippen molar-refractivity contribution in [2.75, 3.05) is 16.4 Å². The van der Waals surface area contributed by atoms with Gasteiger partial charge in [-0.2, -0.15) is 0 Å². The number of aryl methyl sites for hydroxylation is 2.